The van der Waals surface area contributed by atoms with Gasteiger partial charge in [0.25, 0.3) is 0 Å². The zero-order valence-corrected chi connectivity index (χ0v) is 21.2. The van der Waals surface area contributed by atoms with Crippen molar-refractivity contribution in [3.63, 3.8) is 0 Å². The first kappa shape index (κ1) is 27.5. The number of likely N-dealkylation sites (tertiary alicyclic amines) is 1. The maximum absolute atomic E-state index is 14.7. The average Bonchev–Trinajstić information content (AvgIpc) is 3.61. The number of piperidine rings is 1. The van der Waals surface area contributed by atoms with E-state index in [1.54, 1.807) is 18.2 Å². The van der Waals surface area contributed by atoms with E-state index in [9.17, 15) is 29.0 Å². The van der Waals surface area contributed by atoms with Crippen LogP contribution in [0.4, 0.5) is 4.39 Å². The average molecular weight is 527 g/mol. The van der Waals surface area contributed by atoms with E-state index in [0.29, 0.717) is 49.8 Å². The predicted molar refractivity (Wildman–Crippen MR) is 134 cm³/mol. The Hall–Kier alpha value is -2.08. The van der Waals surface area contributed by atoms with Gasteiger partial charge in [0.05, 0.1) is 12.6 Å². The van der Waals surface area contributed by atoms with E-state index in [1.165, 1.54) is 40.7 Å². The Labute approximate surface area is 212 Å². The number of halogens is 1. The van der Waals surface area contributed by atoms with E-state index in [-0.39, 0.29) is 22.9 Å². The van der Waals surface area contributed by atoms with Gasteiger partial charge >= 0.3 is 11.9 Å². The van der Waals surface area contributed by atoms with Gasteiger partial charge in [-0.3, -0.25) is 9.69 Å². The van der Waals surface area contributed by atoms with Gasteiger partial charge in [0, 0.05) is 49.3 Å². The van der Waals surface area contributed by atoms with Crippen LogP contribution >= 0.6 is 21.6 Å². The largest absolute Gasteiger partial charge is 0.480 e. The van der Waals surface area contributed by atoms with E-state index in [0.717, 1.165) is 12.8 Å². The number of carbonyl (C=O) groups excluding carboxylic acids is 1. The van der Waals surface area contributed by atoms with Gasteiger partial charge in [0.2, 0.25) is 5.91 Å². The van der Waals surface area contributed by atoms with Crippen molar-refractivity contribution in [3.05, 3.63) is 47.3 Å². The van der Waals surface area contributed by atoms with Gasteiger partial charge in [0.15, 0.2) is 0 Å². The summed E-state index contributed by atoms with van der Waals surface area (Å²) in [5.74, 6) is -2.21. The Morgan fingerprint density at radius 3 is 2.63 bits per heavy atom. The van der Waals surface area contributed by atoms with E-state index < -0.39 is 23.9 Å². The monoisotopic (exact) mass is 526 g/mol. The number of nitrogens with zero attached hydrogens (tertiary/aromatic N) is 1. The van der Waals surface area contributed by atoms with Crippen LogP contribution in [0.25, 0.3) is 0 Å². The van der Waals surface area contributed by atoms with Crippen LogP contribution in [0, 0.1) is 11.7 Å². The molecule has 1 heterocycles. The number of carboxylic acid groups (broad SMARTS) is 2. The predicted octanol–water partition coefficient (Wildman–Crippen LogP) is 3.35. The SMILES string of the molecule is CC(=O)N[C@@H](CSSC1CCN(C(COCC2CC2)c2ccccc2F)C/C1=C/C(=O)O)C(=O)O. The molecular formula is C24H31FN2O6S2. The fourth-order valence-electron chi connectivity index (χ4n) is 3.93. The molecule has 35 heavy (non-hydrogen) atoms. The minimum absolute atomic E-state index is 0.146. The summed E-state index contributed by atoms with van der Waals surface area (Å²) in [6.45, 7) is 3.17. The number of benzene rings is 1. The van der Waals surface area contributed by atoms with Gasteiger partial charge in [-0.25, -0.2) is 14.0 Å². The molecule has 2 fully saturated rings. The zero-order chi connectivity index (χ0) is 25.4. The topological polar surface area (TPSA) is 116 Å². The number of hydrogen-bond donors (Lipinski definition) is 3. The smallest absolute Gasteiger partial charge is 0.328 e. The Bertz CT molecular complexity index is 942. The van der Waals surface area contributed by atoms with Crippen molar-refractivity contribution in [2.75, 3.05) is 32.1 Å². The number of aliphatic carboxylic acids is 2. The third-order valence-electron chi connectivity index (χ3n) is 5.91. The standard InChI is InChI=1S/C24H31FN2O6S2/c1-15(28)26-20(24(31)32)14-34-35-22-8-9-27(11-17(22)10-23(29)30)21(13-33-12-16-6-7-16)18-4-2-3-5-19(18)25/h2-5,10,16,20-22H,6-9,11-14H2,1H3,(H,26,28)(H,29,30)(H,31,32)/b17-10-/t20-,21?,22?/m0/s1. The van der Waals surface area contributed by atoms with Crippen LogP contribution in [0.5, 0.6) is 0 Å². The van der Waals surface area contributed by atoms with Crippen molar-refractivity contribution in [3.8, 4) is 0 Å². The first-order valence-corrected chi connectivity index (χ1v) is 13.9. The fourth-order valence-corrected chi connectivity index (χ4v) is 6.80. The van der Waals surface area contributed by atoms with Gasteiger partial charge in [-0.1, -0.05) is 39.8 Å². The second-order valence-corrected chi connectivity index (χ2v) is 11.4. The summed E-state index contributed by atoms with van der Waals surface area (Å²) in [6.07, 6.45) is 4.11. The molecule has 2 aliphatic rings. The zero-order valence-electron chi connectivity index (χ0n) is 19.5. The number of nitrogens with one attached hydrogen (secondary N) is 1. The molecule has 1 aromatic rings. The van der Waals surface area contributed by atoms with E-state index in [2.05, 4.69) is 10.2 Å². The van der Waals surface area contributed by atoms with Crippen LogP contribution in [0.2, 0.25) is 0 Å². The molecule has 8 nitrogen and oxygen atoms in total. The lowest BCUT2D eigenvalue weighted by atomic mass is 9.98. The minimum Gasteiger partial charge on any atom is -0.480 e. The van der Waals surface area contributed by atoms with Crippen LogP contribution < -0.4 is 5.32 Å². The van der Waals surface area contributed by atoms with Crippen molar-refractivity contribution >= 4 is 39.4 Å². The summed E-state index contributed by atoms with van der Waals surface area (Å²) < 4.78 is 20.6. The van der Waals surface area contributed by atoms with Crippen molar-refractivity contribution < 1.29 is 33.7 Å². The maximum atomic E-state index is 14.7. The summed E-state index contributed by atoms with van der Waals surface area (Å²) in [6, 6.07) is 5.22. The number of ether oxygens (including phenoxy) is 1. The number of amides is 1. The van der Waals surface area contributed by atoms with Crippen LogP contribution in [0.15, 0.2) is 35.9 Å². The summed E-state index contributed by atoms with van der Waals surface area (Å²) in [5.41, 5.74) is 1.20. The second-order valence-electron chi connectivity index (χ2n) is 8.80. The van der Waals surface area contributed by atoms with Gasteiger partial charge in [-0.2, -0.15) is 0 Å². The second kappa shape index (κ2) is 13.3. The normalized spacial score (nSPS) is 21.4. The molecule has 3 atom stereocenters. The van der Waals surface area contributed by atoms with Gasteiger partial charge in [-0.05, 0) is 36.8 Å². The Kier molecular flexibility index (Phi) is 10.4. The highest BCUT2D eigenvalue weighted by molar-refractivity contribution is 8.77. The third kappa shape index (κ3) is 8.82. The highest BCUT2D eigenvalue weighted by atomic mass is 33.1. The first-order valence-electron chi connectivity index (χ1n) is 11.5. The molecule has 0 bridgehead atoms. The van der Waals surface area contributed by atoms with Crippen LogP contribution in [0.1, 0.15) is 37.8 Å². The molecule has 3 N–H and O–H groups in total. The van der Waals surface area contributed by atoms with Crippen molar-refractivity contribution in [2.24, 2.45) is 5.92 Å². The van der Waals surface area contributed by atoms with Crippen LogP contribution in [0.3, 0.4) is 0 Å². The van der Waals surface area contributed by atoms with Crippen LogP contribution in [-0.4, -0.2) is 76.3 Å². The quantitative estimate of drug-likeness (QED) is 0.263. The number of rotatable bonds is 13. The molecule has 1 amide bonds. The number of carbonyl (C=O) groups is 3. The van der Waals surface area contributed by atoms with Crippen molar-refractivity contribution in [1.29, 1.82) is 0 Å². The van der Waals surface area contributed by atoms with E-state index in [4.69, 9.17) is 4.74 Å². The molecule has 0 aromatic heterocycles. The Morgan fingerprint density at radius 1 is 1.26 bits per heavy atom. The van der Waals surface area contributed by atoms with Gasteiger partial charge < -0.3 is 20.3 Å². The molecule has 0 radical (unpaired) electrons. The van der Waals surface area contributed by atoms with Crippen molar-refractivity contribution in [1.82, 2.24) is 10.2 Å². The number of carboxylic acids is 2. The first-order chi connectivity index (χ1) is 16.7. The molecule has 2 unspecified atom stereocenters. The molecule has 1 aliphatic carbocycles. The molecule has 1 saturated carbocycles. The van der Waals surface area contributed by atoms with Gasteiger partial charge in [-0.15, -0.1) is 0 Å². The lowest BCUT2D eigenvalue weighted by Crippen LogP contribution is -2.42. The molecule has 192 valence electrons. The van der Waals surface area contributed by atoms with Crippen molar-refractivity contribution in [2.45, 2.75) is 43.5 Å². The number of hydrogen-bond acceptors (Lipinski definition) is 7. The lowest BCUT2D eigenvalue weighted by molar-refractivity contribution is -0.140. The van der Waals surface area contributed by atoms with E-state index >= 15 is 0 Å². The Morgan fingerprint density at radius 2 is 2.00 bits per heavy atom. The maximum Gasteiger partial charge on any atom is 0.328 e. The lowest BCUT2D eigenvalue weighted by Gasteiger charge is -2.39. The fraction of sp³-hybridized carbons (Fsp3) is 0.542. The minimum atomic E-state index is -1.12. The summed E-state index contributed by atoms with van der Waals surface area (Å²) >= 11 is 0. The van der Waals surface area contributed by atoms with E-state index in [1.807, 2.05) is 0 Å². The summed E-state index contributed by atoms with van der Waals surface area (Å²) in [4.78, 5) is 36.2. The summed E-state index contributed by atoms with van der Waals surface area (Å²) in [7, 11) is 2.69. The highest BCUT2D eigenvalue weighted by Crippen LogP contribution is 2.39. The molecule has 0 spiro atoms. The molecule has 1 aromatic carbocycles. The molecule has 1 saturated heterocycles. The van der Waals surface area contributed by atoms with Gasteiger partial charge in [0.1, 0.15) is 11.9 Å². The summed E-state index contributed by atoms with van der Waals surface area (Å²) in [5, 5.41) is 21.0. The molecule has 3 rings (SSSR count). The molecular weight excluding hydrogens is 495 g/mol. The highest BCUT2D eigenvalue weighted by Gasteiger charge is 2.32. The third-order valence-corrected chi connectivity index (χ3v) is 8.80. The molecule has 11 heteroatoms. The van der Waals surface area contributed by atoms with Crippen LogP contribution in [-0.2, 0) is 19.1 Å². The Balaban J connectivity index is 1.68. The molecule has 1 aliphatic heterocycles.